The molecule has 0 aliphatic heterocycles. The third kappa shape index (κ3) is 4.34. The number of nitrogens with one attached hydrogen (secondary N) is 2. The van der Waals surface area contributed by atoms with Crippen LogP contribution >= 0.6 is 34.5 Å². The number of halogens is 2. The van der Waals surface area contributed by atoms with E-state index in [1.54, 1.807) is 6.92 Å². The maximum Gasteiger partial charge on any atom is 0.335 e. The molecular formula is C19H19Cl2N3O4S. The molecule has 1 unspecified atom stereocenters. The molecule has 1 atom stereocenters. The summed E-state index contributed by atoms with van der Waals surface area (Å²) in [6.07, 6.45) is -0.148. The summed E-state index contributed by atoms with van der Waals surface area (Å²) in [7, 11) is 0. The number of carboxylic acids is 1. The Morgan fingerprint density at radius 1 is 1.24 bits per heavy atom. The zero-order valence-electron chi connectivity index (χ0n) is 16.1. The van der Waals surface area contributed by atoms with E-state index in [1.165, 1.54) is 12.1 Å². The average molecular weight is 456 g/mol. The molecule has 0 saturated carbocycles. The molecule has 2 heterocycles. The first kappa shape index (κ1) is 21.4. The van der Waals surface area contributed by atoms with Crippen LogP contribution in [-0.4, -0.2) is 33.1 Å². The standard InChI is InChI=1S/C19H19Cl2N3O4S/c1-7(2)9(4)28-11-5-10(18(26)27)6-12-15(11)23-19(29-12)24-17(25)16-14(21)13(20)8(3)22-16/h5-7,9,22H,1-4H3,(H,26,27)(H,23,24,25). The second-order valence-corrected chi connectivity index (χ2v) is 8.71. The predicted molar refractivity (Wildman–Crippen MR) is 115 cm³/mol. The van der Waals surface area contributed by atoms with E-state index in [9.17, 15) is 14.7 Å². The molecule has 0 fully saturated rings. The molecule has 1 amide bonds. The molecule has 0 aliphatic carbocycles. The highest BCUT2D eigenvalue weighted by Crippen LogP contribution is 2.36. The predicted octanol–water partition coefficient (Wildman–Crippen LogP) is 5.61. The zero-order valence-corrected chi connectivity index (χ0v) is 18.4. The van der Waals surface area contributed by atoms with Gasteiger partial charge in [0, 0.05) is 5.69 Å². The molecular weight excluding hydrogens is 437 g/mol. The number of benzene rings is 1. The van der Waals surface area contributed by atoms with Crippen molar-refractivity contribution in [3.05, 3.63) is 39.1 Å². The smallest absolute Gasteiger partial charge is 0.335 e. The number of carbonyl (C=O) groups excluding carboxylic acids is 1. The van der Waals surface area contributed by atoms with Gasteiger partial charge in [-0.15, -0.1) is 0 Å². The Kier molecular flexibility index (Phi) is 6.07. The Balaban J connectivity index is 1.98. The van der Waals surface area contributed by atoms with Crippen LogP contribution in [0.1, 0.15) is 47.3 Å². The van der Waals surface area contributed by atoms with Crippen LogP contribution in [0.25, 0.3) is 10.2 Å². The number of thiazole rings is 1. The molecule has 0 saturated heterocycles. The lowest BCUT2D eigenvalue weighted by Crippen LogP contribution is -2.19. The monoisotopic (exact) mass is 455 g/mol. The Labute approximate surface area is 181 Å². The molecule has 3 N–H and O–H groups in total. The van der Waals surface area contributed by atoms with Crippen molar-refractivity contribution >= 4 is 61.8 Å². The summed E-state index contributed by atoms with van der Waals surface area (Å²) in [4.78, 5) is 31.3. The van der Waals surface area contributed by atoms with Gasteiger partial charge in [0.15, 0.2) is 5.13 Å². The van der Waals surface area contributed by atoms with E-state index in [2.05, 4.69) is 15.3 Å². The van der Waals surface area contributed by atoms with Gasteiger partial charge in [-0.2, -0.15) is 0 Å². The van der Waals surface area contributed by atoms with Gasteiger partial charge in [-0.25, -0.2) is 9.78 Å². The van der Waals surface area contributed by atoms with Crippen LogP contribution in [0.5, 0.6) is 5.75 Å². The number of anilines is 1. The quantitative estimate of drug-likeness (QED) is 0.447. The van der Waals surface area contributed by atoms with Gasteiger partial charge >= 0.3 is 5.97 Å². The summed E-state index contributed by atoms with van der Waals surface area (Å²) in [5.41, 5.74) is 1.27. The summed E-state index contributed by atoms with van der Waals surface area (Å²) >= 11 is 13.3. The summed E-state index contributed by atoms with van der Waals surface area (Å²) in [5, 5.41) is 12.8. The highest BCUT2D eigenvalue weighted by atomic mass is 35.5. The molecule has 3 aromatic rings. The van der Waals surface area contributed by atoms with Gasteiger partial charge in [-0.1, -0.05) is 48.4 Å². The second kappa shape index (κ2) is 8.22. The van der Waals surface area contributed by atoms with Crippen molar-refractivity contribution in [1.82, 2.24) is 9.97 Å². The molecule has 10 heteroatoms. The number of nitrogens with zero attached hydrogens (tertiary/aromatic N) is 1. The minimum absolute atomic E-state index is 0.0831. The van der Waals surface area contributed by atoms with Crippen LogP contribution in [0, 0.1) is 12.8 Å². The molecule has 29 heavy (non-hydrogen) atoms. The van der Waals surface area contributed by atoms with Gasteiger partial charge in [-0.3, -0.25) is 10.1 Å². The molecule has 2 aromatic heterocycles. The number of carbonyl (C=O) groups is 2. The topological polar surface area (TPSA) is 104 Å². The van der Waals surface area contributed by atoms with Crippen molar-refractivity contribution in [1.29, 1.82) is 0 Å². The van der Waals surface area contributed by atoms with Crippen molar-refractivity contribution in [2.24, 2.45) is 5.92 Å². The third-order valence-corrected chi connectivity index (χ3v) is 6.33. The molecule has 0 aliphatic rings. The van der Waals surface area contributed by atoms with Crippen LogP contribution < -0.4 is 10.1 Å². The van der Waals surface area contributed by atoms with E-state index in [-0.39, 0.29) is 38.5 Å². The summed E-state index contributed by atoms with van der Waals surface area (Å²) in [6.45, 7) is 7.61. The van der Waals surface area contributed by atoms with Crippen LogP contribution in [0.3, 0.4) is 0 Å². The van der Waals surface area contributed by atoms with Crippen molar-refractivity contribution in [3.63, 3.8) is 0 Å². The number of carboxylic acid groups (broad SMARTS) is 1. The Bertz CT molecular complexity index is 1110. The molecule has 0 spiro atoms. The Morgan fingerprint density at radius 3 is 2.48 bits per heavy atom. The summed E-state index contributed by atoms with van der Waals surface area (Å²) < 4.78 is 6.53. The minimum atomic E-state index is -1.07. The van der Waals surface area contributed by atoms with Gasteiger partial charge in [0.1, 0.15) is 17.0 Å². The highest BCUT2D eigenvalue weighted by Gasteiger charge is 2.21. The number of aromatic amines is 1. The minimum Gasteiger partial charge on any atom is -0.488 e. The number of amides is 1. The number of hydrogen-bond acceptors (Lipinski definition) is 5. The second-order valence-electron chi connectivity index (χ2n) is 6.92. The zero-order chi connectivity index (χ0) is 21.5. The maximum atomic E-state index is 12.6. The fourth-order valence-corrected chi connectivity index (χ4v) is 3.82. The van der Waals surface area contributed by atoms with Gasteiger partial charge in [-0.05, 0) is 31.9 Å². The van der Waals surface area contributed by atoms with Gasteiger partial charge in [0.25, 0.3) is 5.91 Å². The lowest BCUT2D eigenvalue weighted by molar-refractivity contribution is 0.0696. The first-order valence-electron chi connectivity index (χ1n) is 8.78. The maximum absolute atomic E-state index is 12.6. The third-order valence-electron chi connectivity index (χ3n) is 4.46. The van der Waals surface area contributed by atoms with Crippen LogP contribution in [-0.2, 0) is 0 Å². The SMILES string of the molecule is Cc1[nH]c(C(=O)Nc2nc3c(OC(C)C(C)C)cc(C(=O)O)cc3s2)c(Cl)c1Cl. The van der Waals surface area contributed by atoms with Crippen molar-refractivity contribution < 1.29 is 19.4 Å². The van der Waals surface area contributed by atoms with E-state index in [0.29, 0.717) is 21.7 Å². The van der Waals surface area contributed by atoms with E-state index in [0.717, 1.165) is 11.3 Å². The molecule has 7 nitrogen and oxygen atoms in total. The number of aromatic nitrogens is 2. The lowest BCUT2D eigenvalue weighted by atomic mass is 10.1. The highest BCUT2D eigenvalue weighted by molar-refractivity contribution is 7.22. The van der Waals surface area contributed by atoms with Gasteiger partial charge in [0.05, 0.1) is 26.4 Å². The first-order valence-corrected chi connectivity index (χ1v) is 10.3. The lowest BCUT2D eigenvalue weighted by Gasteiger charge is -2.18. The molecule has 1 aromatic carbocycles. The fraction of sp³-hybridized carbons (Fsp3) is 0.316. The normalized spacial score (nSPS) is 12.4. The van der Waals surface area contributed by atoms with Crippen molar-refractivity contribution in [3.8, 4) is 5.75 Å². The average Bonchev–Trinajstić information content (AvgIpc) is 3.17. The van der Waals surface area contributed by atoms with Crippen LogP contribution in [0.4, 0.5) is 5.13 Å². The molecule has 154 valence electrons. The fourth-order valence-electron chi connectivity index (χ4n) is 2.49. The number of rotatable bonds is 6. The number of H-pyrrole nitrogens is 1. The molecule has 3 rings (SSSR count). The van der Waals surface area contributed by atoms with E-state index in [4.69, 9.17) is 27.9 Å². The van der Waals surface area contributed by atoms with E-state index in [1.807, 2.05) is 20.8 Å². The van der Waals surface area contributed by atoms with E-state index < -0.39 is 11.9 Å². The van der Waals surface area contributed by atoms with Gasteiger partial charge < -0.3 is 14.8 Å². The number of ether oxygens (including phenoxy) is 1. The Morgan fingerprint density at radius 2 is 1.93 bits per heavy atom. The first-order chi connectivity index (χ1) is 13.6. The number of aryl methyl sites for hydroxylation is 1. The number of hydrogen-bond donors (Lipinski definition) is 3. The molecule has 0 bridgehead atoms. The largest absolute Gasteiger partial charge is 0.488 e. The van der Waals surface area contributed by atoms with Crippen LogP contribution in [0.15, 0.2) is 12.1 Å². The number of aromatic carboxylic acids is 1. The number of fused-ring (bicyclic) bond motifs is 1. The van der Waals surface area contributed by atoms with Crippen molar-refractivity contribution in [2.75, 3.05) is 5.32 Å². The van der Waals surface area contributed by atoms with Crippen LogP contribution in [0.2, 0.25) is 10.0 Å². The van der Waals surface area contributed by atoms with Crippen molar-refractivity contribution in [2.45, 2.75) is 33.8 Å². The molecule has 0 radical (unpaired) electrons. The summed E-state index contributed by atoms with van der Waals surface area (Å²) in [5.74, 6) is -0.995. The summed E-state index contributed by atoms with van der Waals surface area (Å²) in [6, 6.07) is 2.94. The van der Waals surface area contributed by atoms with E-state index >= 15 is 0 Å². The van der Waals surface area contributed by atoms with Gasteiger partial charge in [0.2, 0.25) is 0 Å². The Hall–Kier alpha value is -2.29.